The Bertz CT molecular complexity index is 1500. The summed E-state index contributed by atoms with van der Waals surface area (Å²) in [6.45, 7) is 0.195. The van der Waals surface area contributed by atoms with Gasteiger partial charge in [0.15, 0.2) is 0 Å². The van der Waals surface area contributed by atoms with Crippen LogP contribution in [0.15, 0.2) is 94.1 Å². The number of hydrogen-bond donors (Lipinski definition) is 1. The van der Waals surface area contributed by atoms with Crippen LogP contribution in [0.1, 0.15) is 5.56 Å². The van der Waals surface area contributed by atoms with Gasteiger partial charge in [-0.1, -0.05) is 41.9 Å². The van der Waals surface area contributed by atoms with Crippen molar-refractivity contribution >= 4 is 28.5 Å². The predicted molar refractivity (Wildman–Crippen MR) is 129 cm³/mol. The van der Waals surface area contributed by atoms with Crippen molar-refractivity contribution in [3.05, 3.63) is 106 Å². The number of ether oxygens (including phenoxy) is 1. The highest BCUT2D eigenvalue weighted by atomic mass is 35.5. The standard InChI is InChI=1S/C26H18ClN3O3/c27-19-8-11-24-21(13-19)18(12-25(31)33-24)15-32-20-9-6-17(7-10-20)23-14-22(29-26(28)30-23)16-4-2-1-3-5-16/h1-14H,15H2,(H2,28,29,30). The molecule has 5 aromatic rings. The Morgan fingerprint density at radius 3 is 2.27 bits per heavy atom. The first-order valence-corrected chi connectivity index (χ1v) is 10.6. The van der Waals surface area contributed by atoms with E-state index in [2.05, 4.69) is 9.97 Å². The first kappa shape index (κ1) is 20.7. The minimum Gasteiger partial charge on any atom is -0.489 e. The maximum Gasteiger partial charge on any atom is 0.336 e. The fourth-order valence-electron chi connectivity index (χ4n) is 3.57. The minimum absolute atomic E-state index is 0.195. The van der Waals surface area contributed by atoms with E-state index in [1.165, 1.54) is 6.07 Å². The van der Waals surface area contributed by atoms with Crippen LogP contribution in [0, 0.1) is 0 Å². The summed E-state index contributed by atoms with van der Waals surface area (Å²) >= 11 is 6.10. The van der Waals surface area contributed by atoms with Crippen LogP contribution in [0.3, 0.4) is 0 Å². The molecule has 0 amide bonds. The average molecular weight is 456 g/mol. The summed E-state index contributed by atoms with van der Waals surface area (Å²) < 4.78 is 11.2. The maximum atomic E-state index is 11.9. The van der Waals surface area contributed by atoms with Crippen LogP contribution in [0.25, 0.3) is 33.5 Å². The van der Waals surface area contributed by atoms with Crippen LogP contribution in [-0.2, 0) is 6.61 Å². The van der Waals surface area contributed by atoms with Crippen LogP contribution in [0.2, 0.25) is 5.02 Å². The van der Waals surface area contributed by atoms with Crippen molar-refractivity contribution in [2.24, 2.45) is 0 Å². The van der Waals surface area contributed by atoms with E-state index < -0.39 is 5.63 Å². The Hall–Kier alpha value is -4.16. The molecule has 162 valence electrons. The number of rotatable bonds is 5. The van der Waals surface area contributed by atoms with Gasteiger partial charge in [-0.3, -0.25) is 0 Å². The van der Waals surface area contributed by atoms with E-state index in [1.54, 1.807) is 18.2 Å². The van der Waals surface area contributed by atoms with Gasteiger partial charge in [0.1, 0.15) is 17.9 Å². The van der Waals surface area contributed by atoms with Gasteiger partial charge in [-0.15, -0.1) is 0 Å². The Labute approximate surface area is 194 Å². The molecule has 2 aromatic heterocycles. The molecule has 0 saturated heterocycles. The third-order valence-electron chi connectivity index (χ3n) is 5.15. The molecule has 33 heavy (non-hydrogen) atoms. The van der Waals surface area contributed by atoms with E-state index in [-0.39, 0.29) is 12.6 Å². The monoisotopic (exact) mass is 455 g/mol. The zero-order valence-corrected chi connectivity index (χ0v) is 18.1. The van der Waals surface area contributed by atoms with Crippen molar-refractivity contribution in [3.8, 4) is 28.3 Å². The highest BCUT2D eigenvalue weighted by molar-refractivity contribution is 6.31. The summed E-state index contributed by atoms with van der Waals surface area (Å²) in [5.41, 5.74) is 10.0. The smallest absolute Gasteiger partial charge is 0.336 e. The molecule has 0 saturated carbocycles. The molecule has 0 aliphatic carbocycles. The Kier molecular flexibility index (Phi) is 5.50. The molecule has 0 bridgehead atoms. The quantitative estimate of drug-likeness (QED) is 0.340. The largest absolute Gasteiger partial charge is 0.489 e. The lowest BCUT2D eigenvalue weighted by molar-refractivity contribution is 0.306. The molecule has 7 heteroatoms. The van der Waals surface area contributed by atoms with E-state index in [0.717, 1.165) is 22.2 Å². The lowest BCUT2D eigenvalue weighted by atomic mass is 10.1. The molecule has 2 N–H and O–H groups in total. The molecule has 3 aromatic carbocycles. The summed E-state index contributed by atoms with van der Waals surface area (Å²) in [4.78, 5) is 20.6. The Balaban J connectivity index is 1.38. The van der Waals surface area contributed by atoms with Crippen molar-refractivity contribution in [1.29, 1.82) is 0 Å². The number of halogens is 1. The topological polar surface area (TPSA) is 91.2 Å². The Morgan fingerprint density at radius 1 is 0.848 bits per heavy atom. The molecule has 0 spiro atoms. The van der Waals surface area contributed by atoms with Crippen LogP contribution >= 0.6 is 11.6 Å². The maximum absolute atomic E-state index is 11.9. The first-order chi connectivity index (χ1) is 16.0. The van der Waals surface area contributed by atoms with Crippen LogP contribution < -0.4 is 16.1 Å². The normalized spacial score (nSPS) is 10.9. The van der Waals surface area contributed by atoms with E-state index in [9.17, 15) is 4.79 Å². The van der Waals surface area contributed by atoms with Crippen LogP contribution in [0.5, 0.6) is 5.75 Å². The minimum atomic E-state index is -0.436. The van der Waals surface area contributed by atoms with Gasteiger partial charge in [-0.2, -0.15) is 0 Å². The van der Waals surface area contributed by atoms with Gasteiger partial charge in [0, 0.05) is 33.2 Å². The molecule has 0 radical (unpaired) electrons. The van der Waals surface area contributed by atoms with Gasteiger partial charge in [0.2, 0.25) is 5.95 Å². The number of fused-ring (bicyclic) bond motifs is 1. The van der Waals surface area contributed by atoms with Crippen molar-refractivity contribution in [1.82, 2.24) is 9.97 Å². The van der Waals surface area contributed by atoms with Crippen LogP contribution in [0.4, 0.5) is 5.95 Å². The summed E-state index contributed by atoms with van der Waals surface area (Å²) in [6.07, 6.45) is 0. The van der Waals surface area contributed by atoms with Gasteiger partial charge in [-0.05, 0) is 48.5 Å². The third kappa shape index (κ3) is 4.56. The molecule has 0 atom stereocenters. The summed E-state index contributed by atoms with van der Waals surface area (Å²) in [5, 5.41) is 1.30. The number of hydrogen-bond acceptors (Lipinski definition) is 6. The number of nitrogen functional groups attached to an aromatic ring is 1. The highest BCUT2D eigenvalue weighted by Crippen LogP contribution is 2.27. The van der Waals surface area contributed by atoms with Crippen molar-refractivity contribution in [3.63, 3.8) is 0 Å². The van der Waals surface area contributed by atoms with Gasteiger partial charge in [0.05, 0.1) is 11.4 Å². The molecule has 0 aliphatic heterocycles. The third-order valence-corrected chi connectivity index (χ3v) is 5.38. The molecule has 2 heterocycles. The first-order valence-electron chi connectivity index (χ1n) is 10.2. The molecule has 0 aliphatic rings. The second-order valence-corrected chi connectivity index (χ2v) is 7.84. The molecule has 6 nitrogen and oxygen atoms in total. The fourth-order valence-corrected chi connectivity index (χ4v) is 3.75. The summed E-state index contributed by atoms with van der Waals surface area (Å²) in [5.74, 6) is 0.854. The second-order valence-electron chi connectivity index (χ2n) is 7.41. The summed E-state index contributed by atoms with van der Waals surface area (Å²) in [6, 6.07) is 25.7. The zero-order valence-electron chi connectivity index (χ0n) is 17.4. The molecular weight excluding hydrogens is 438 g/mol. The fraction of sp³-hybridized carbons (Fsp3) is 0.0385. The van der Waals surface area contributed by atoms with E-state index >= 15 is 0 Å². The van der Waals surface area contributed by atoms with Gasteiger partial charge < -0.3 is 14.9 Å². The molecular formula is C26H18ClN3O3. The number of nitrogens with zero attached hydrogens (tertiary/aromatic N) is 2. The van der Waals surface area contributed by atoms with Crippen molar-refractivity contribution in [2.75, 3.05) is 5.73 Å². The number of anilines is 1. The predicted octanol–water partition coefficient (Wildman–Crippen LogP) is 5.73. The summed E-state index contributed by atoms with van der Waals surface area (Å²) in [7, 11) is 0. The van der Waals surface area contributed by atoms with Gasteiger partial charge in [0.25, 0.3) is 0 Å². The molecule has 0 unspecified atom stereocenters. The SMILES string of the molecule is Nc1nc(-c2ccccc2)cc(-c2ccc(OCc3cc(=O)oc4ccc(Cl)cc34)cc2)n1. The van der Waals surface area contributed by atoms with Gasteiger partial charge >= 0.3 is 5.63 Å². The number of aromatic nitrogens is 2. The van der Waals surface area contributed by atoms with E-state index in [1.807, 2.05) is 60.7 Å². The molecule has 0 fully saturated rings. The number of benzene rings is 3. The molecule has 5 rings (SSSR count). The number of nitrogens with two attached hydrogens (primary N) is 1. The van der Waals surface area contributed by atoms with E-state index in [4.69, 9.17) is 26.5 Å². The van der Waals surface area contributed by atoms with Crippen molar-refractivity contribution in [2.45, 2.75) is 6.61 Å². The van der Waals surface area contributed by atoms with E-state index in [0.29, 0.717) is 27.6 Å². The van der Waals surface area contributed by atoms with Gasteiger partial charge in [-0.25, -0.2) is 14.8 Å². The zero-order chi connectivity index (χ0) is 22.8. The average Bonchev–Trinajstić information content (AvgIpc) is 2.83. The second kappa shape index (κ2) is 8.76. The highest BCUT2D eigenvalue weighted by Gasteiger charge is 2.09. The lowest BCUT2D eigenvalue weighted by Gasteiger charge is -2.10. The Morgan fingerprint density at radius 2 is 1.55 bits per heavy atom. The van der Waals surface area contributed by atoms with Crippen molar-refractivity contribution < 1.29 is 9.15 Å². The lowest BCUT2D eigenvalue weighted by Crippen LogP contribution is -2.04. The van der Waals surface area contributed by atoms with Crippen LogP contribution in [-0.4, -0.2) is 9.97 Å².